The van der Waals surface area contributed by atoms with Crippen LogP contribution in [-0.4, -0.2) is 58.1 Å². The van der Waals surface area contributed by atoms with E-state index in [2.05, 4.69) is 10.3 Å². The molecule has 128 valence electrons. The number of guanidine groups is 1. The van der Waals surface area contributed by atoms with Crippen LogP contribution in [0.3, 0.4) is 0 Å². The first-order chi connectivity index (χ1) is 10.7. The first-order valence-electron chi connectivity index (χ1n) is 6.96. The molecular weight excluding hydrogens is 306 g/mol. The van der Waals surface area contributed by atoms with Gasteiger partial charge in [-0.05, 0) is 18.9 Å². The molecule has 0 bridgehead atoms. The van der Waals surface area contributed by atoms with Crippen molar-refractivity contribution >= 4 is 23.6 Å². The molecule has 9 N–H and O–H groups in total. The van der Waals surface area contributed by atoms with Gasteiger partial charge in [0.1, 0.15) is 0 Å². The van der Waals surface area contributed by atoms with Crippen LogP contribution in [0.1, 0.15) is 19.3 Å². The Kier molecular flexibility index (Phi) is 6.22. The van der Waals surface area contributed by atoms with Crippen LogP contribution in [0.25, 0.3) is 0 Å². The van der Waals surface area contributed by atoms with Gasteiger partial charge in [0, 0.05) is 13.0 Å². The lowest BCUT2D eigenvalue weighted by Gasteiger charge is -2.29. The summed E-state index contributed by atoms with van der Waals surface area (Å²) in [5.41, 5.74) is 13.8. The van der Waals surface area contributed by atoms with E-state index in [1.807, 2.05) is 0 Å². The van der Waals surface area contributed by atoms with Crippen molar-refractivity contribution in [2.45, 2.75) is 36.9 Å². The van der Waals surface area contributed by atoms with Crippen molar-refractivity contribution in [1.29, 1.82) is 0 Å². The number of amides is 1. The van der Waals surface area contributed by atoms with E-state index in [1.165, 1.54) is 6.08 Å². The third-order valence-corrected chi connectivity index (χ3v) is 3.44. The van der Waals surface area contributed by atoms with E-state index in [9.17, 15) is 24.6 Å². The number of carbonyl (C=O) groups is 3. The third-order valence-electron chi connectivity index (χ3n) is 3.44. The molecule has 10 nitrogen and oxygen atoms in total. The van der Waals surface area contributed by atoms with Gasteiger partial charge in [0.2, 0.25) is 5.91 Å². The molecule has 3 atom stereocenters. The topological polar surface area (TPSA) is 194 Å². The monoisotopic (exact) mass is 327 g/mol. The fourth-order valence-electron chi connectivity index (χ4n) is 2.14. The highest BCUT2D eigenvalue weighted by molar-refractivity contribution is 6.04. The lowest BCUT2D eigenvalue weighted by atomic mass is 9.90. The number of hydrogen-bond acceptors (Lipinski definition) is 6. The van der Waals surface area contributed by atoms with Crippen LogP contribution >= 0.6 is 0 Å². The summed E-state index contributed by atoms with van der Waals surface area (Å²) in [5.74, 6) is -3.16. The molecule has 10 heteroatoms. The van der Waals surface area contributed by atoms with Crippen molar-refractivity contribution in [2.24, 2.45) is 22.2 Å². The molecule has 0 aromatic rings. The van der Waals surface area contributed by atoms with Crippen molar-refractivity contribution in [2.75, 3.05) is 6.54 Å². The highest BCUT2D eigenvalue weighted by Gasteiger charge is 2.49. The maximum absolute atomic E-state index is 12.0. The summed E-state index contributed by atoms with van der Waals surface area (Å²) in [6.07, 6.45) is 2.86. The largest absolute Gasteiger partial charge is 0.480 e. The highest BCUT2D eigenvalue weighted by atomic mass is 16.4. The van der Waals surface area contributed by atoms with Crippen molar-refractivity contribution < 1.29 is 24.6 Å². The molecule has 1 rings (SSSR count). The minimum Gasteiger partial charge on any atom is -0.480 e. The zero-order chi connectivity index (χ0) is 17.6. The molecule has 0 fully saturated rings. The van der Waals surface area contributed by atoms with Gasteiger partial charge >= 0.3 is 5.97 Å². The lowest BCUT2D eigenvalue weighted by Crippen LogP contribution is -2.61. The zero-order valence-electron chi connectivity index (χ0n) is 12.4. The summed E-state index contributed by atoms with van der Waals surface area (Å²) in [5, 5.41) is 21.5. The smallest absolute Gasteiger partial charge is 0.329 e. The molecule has 0 aromatic carbocycles. The summed E-state index contributed by atoms with van der Waals surface area (Å²) in [6, 6.07) is -2.79. The van der Waals surface area contributed by atoms with Gasteiger partial charge in [-0.3, -0.25) is 14.6 Å². The summed E-state index contributed by atoms with van der Waals surface area (Å²) >= 11 is 0. The van der Waals surface area contributed by atoms with Crippen LogP contribution in [0.4, 0.5) is 0 Å². The fraction of sp³-hybridized carbons (Fsp3) is 0.538. The number of nitrogens with zero attached hydrogens (tertiary/aromatic N) is 1. The van der Waals surface area contributed by atoms with Crippen molar-refractivity contribution in [3.8, 4) is 0 Å². The van der Waals surface area contributed by atoms with E-state index in [4.69, 9.17) is 17.2 Å². The van der Waals surface area contributed by atoms with E-state index in [-0.39, 0.29) is 25.3 Å². The quantitative estimate of drug-likeness (QED) is 0.156. The number of hydrogen-bond donors (Lipinski definition) is 6. The molecule has 1 aliphatic carbocycles. The minimum absolute atomic E-state index is 0.0802. The molecule has 0 aliphatic heterocycles. The standard InChI is InChI=1S/C13H21N5O5/c14-7(3-2-6-17-12(15)16)10(20)18-9(11(21)22)13(23)5-1-4-8(13)19/h1,4,7,9,23H,2-3,5-6,14H2,(H,18,20)(H,21,22)(H4,15,16,17)/t7-,9+,13-/m1/s1. The molecule has 0 spiro atoms. The van der Waals surface area contributed by atoms with Gasteiger partial charge in [0.25, 0.3) is 0 Å². The van der Waals surface area contributed by atoms with Crippen LogP contribution in [0.15, 0.2) is 17.1 Å². The summed E-state index contributed by atoms with van der Waals surface area (Å²) < 4.78 is 0. The van der Waals surface area contributed by atoms with Crippen LogP contribution in [0.5, 0.6) is 0 Å². The minimum atomic E-state index is -2.19. The molecule has 1 amide bonds. The first kappa shape index (κ1) is 18.6. The molecule has 0 aromatic heterocycles. The molecule has 0 heterocycles. The second-order valence-corrected chi connectivity index (χ2v) is 5.23. The van der Waals surface area contributed by atoms with Gasteiger partial charge < -0.3 is 32.7 Å². The van der Waals surface area contributed by atoms with E-state index in [1.54, 1.807) is 0 Å². The van der Waals surface area contributed by atoms with Gasteiger partial charge in [0.05, 0.1) is 6.04 Å². The Balaban J connectivity index is 2.63. The molecule has 23 heavy (non-hydrogen) atoms. The zero-order valence-corrected chi connectivity index (χ0v) is 12.4. The average molecular weight is 327 g/mol. The van der Waals surface area contributed by atoms with Gasteiger partial charge in [-0.2, -0.15) is 0 Å². The van der Waals surface area contributed by atoms with E-state index in [0.717, 1.165) is 6.08 Å². The highest BCUT2D eigenvalue weighted by Crippen LogP contribution is 2.24. The number of nitrogens with two attached hydrogens (primary N) is 3. The number of rotatable bonds is 8. The first-order valence-corrected chi connectivity index (χ1v) is 6.96. The van der Waals surface area contributed by atoms with Crippen LogP contribution in [0, 0.1) is 0 Å². The fourth-order valence-corrected chi connectivity index (χ4v) is 2.14. The summed E-state index contributed by atoms with van der Waals surface area (Å²) in [7, 11) is 0. The van der Waals surface area contributed by atoms with Crippen LogP contribution in [0.2, 0.25) is 0 Å². The Morgan fingerprint density at radius 1 is 1.43 bits per heavy atom. The number of aliphatic imine (C=N–C) groups is 1. The number of carboxylic acids is 1. The Hall–Kier alpha value is -2.46. The van der Waals surface area contributed by atoms with Crippen LogP contribution < -0.4 is 22.5 Å². The van der Waals surface area contributed by atoms with E-state index in [0.29, 0.717) is 6.42 Å². The molecule has 0 saturated carbocycles. The number of ketones is 1. The predicted octanol–water partition coefficient (Wildman–Crippen LogP) is -2.80. The third kappa shape index (κ3) is 4.76. The maximum Gasteiger partial charge on any atom is 0.329 e. The second kappa shape index (κ2) is 7.70. The Morgan fingerprint density at radius 2 is 2.09 bits per heavy atom. The number of carbonyl (C=O) groups excluding carboxylic acids is 2. The van der Waals surface area contributed by atoms with Gasteiger partial charge in [-0.1, -0.05) is 6.08 Å². The molecule has 0 unspecified atom stereocenters. The number of carboxylic acid groups (broad SMARTS) is 1. The molecule has 1 aliphatic rings. The maximum atomic E-state index is 12.0. The molecular formula is C13H21N5O5. The lowest BCUT2D eigenvalue weighted by molar-refractivity contribution is -0.155. The Labute approximate surface area is 132 Å². The Bertz CT molecular complexity index is 543. The van der Waals surface area contributed by atoms with E-state index >= 15 is 0 Å². The van der Waals surface area contributed by atoms with E-state index < -0.39 is 35.3 Å². The SMILES string of the molecule is NC(N)=NCCC[C@@H](N)C(=O)N[C@@H](C(=O)O)[C@@]1(O)CC=CC1=O. The van der Waals surface area contributed by atoms with Crippen molar-refractivity contribution in [1.82, 2.24) is 5.32 Å². The summed E-state index contributed by atoms with van der Waals surface area (Å²) in [4.78, 5) is 38.6. The van der Waals surface area contributed by atoms with Crippen LogP contribution in [-0.2, 0) is 14.4 Å². The van der Waals surface area contributed by atoms with Gasteiger partial charge in [-0.15, -0.1) is 0 Å². The van der Waals surface area contributed by atoms with Gasteiger partial charge in [-0.25, -0.2) is 4.79 Å². The summed E-state index contributed by atoms with van der Waals surface area (Å²) in [6.45, 7) is 0.276. The second-order valence-electron chi connectivity index (χ2n) is 5.23. The number of aliphatic hydroxyl groups is 1. The average Bonchev–Trinajstić information content (AvgIpc) is 2.80. The normalized spacial score (nSPS) is 22.4. The predicted molar refractivity (Wildman–Crippen MR) is 81.2 cm³/mol. The molecule has 0 radical (unpaired) electrons. The Morgan fingerprint density at radius 3 is 2.57 bits per heavy atom. The molecule has 0 saturated heterocycles. The van der Waals surface area contributed by atoms with Crippen molar-refractivity contribution in [3.05, 3.63) is 12.2 Å². The number of aliphatic carboxylic acids is 1. The van der Waals surface area contributed by atoms with Crippen molar-refractivity contribution in [3.63, 3.8) is 0 Å². The number of nitrogens with one attached hydrogen (secondary N) is 1. The van der Waals surface area contributed by atoms with Gasteiger partial charge in [0.15, 0.2) is 23.4 Å².